The van der Waals surface area contributed by atoms with Crippen molar-refractivity contribution in [1.82, 2.24) is 9.97 Å². The van der Waals surface area contributed by atoms with E-state index in [2.05, 4.69) is 20.0 Å². The molecule has 0 spiro atoms. The van der Waals surface area contributed by atoms with Crippen molar-refractivity contribution in [3.8, 4) is 0 Å². The average molecular weight is 328 g/mol. The number of H-pyrrole nitrogens is 1. The van der Waals surface area contributed by atoms with Gasteiger partial charge in [0, 0.05) is 0 Å². The first-order valence-corrected chi connectivity index (χ1v) is 7.37. The maximum atomic E-state index is 12.1. The summed E-state index contributed by atoms with van der Waals surface area (Å²) in [5.74, 6) is -1.04. The third-order valence-corrected chi connectivity index (χ3v) is 3.98. The minimum Gasteiger partial charge on any atom is -0.465 e. The lowest BCUT2D eigenvalue weighted by Crippen LogP contribution is -2.19. The van der Waals surface area contributed by atoms with Gasteiger partial charge in [-0.1, -0.05) is 12.1 Å². The van der Waals surface area contributed by atoms with Gasteiger partial charge in [-0.15, -0.1) is 0 Å². The van der Waals surface area contributed by atoms with Crippen LogP contribution in [0.25, 0.3) is 0 Å². The lowest BCUT2D eigenvalue weighted by atomic mass is 9.95. The van der Waals surface area contributed by atoms with Crippen LogP contribution in [-0.2, 0) is 16.0 Å². The van der Waals surface area contributed by atoms with Gasteiger partial charge in [0.25, 0.3) is 5.56 Å². The van der Waals surface area contributed by atoms with E-state index in [0.717, 1.165) is 5.56 Å². The Kier molecular flexibility index (Phi) is 4.03. The van der Waals surface area contributed by atoms with E-state index in [4.69, 9.17) is 5.73 Å². The minimum atomic E-state index is -0.572. The van der Waals surface area contributed by atoms with E-state index in [1.165, 1.54) is 7.11 Å². The fraction of sp³-hybridized carbons (Fsp3) is 0.250. The van der Waals surface area contributed by atoms with Gasteiger partial charge >= 0.3 is 5.97 Å². The number of benzene rings is 1. The molecule has 1 unspecified atom stereocenters. The van der Waals surface area contributed by atoms with Crippen molar-refractivity contribution < 1.29 is 14.3 Å². The number of carbonyl (C=O) groups is 2. The SMILES string of the molecule is COC(=O)c1ccc(CCC2C(=O)Nc3nc(N)[nH]c(=O)c32)cc1. The van der Waals surface area contributed by atoms with Crippen LogP contribution in [0.3, 0.4) is 0 Å². The van der Waals surface area contributed by atoms with Crippen molar-refractivity contribution in [2.24, 2.45) is 0 Å². The topological polar surface area (TPSA) is 127 Å². The number of rotatable bonds is 4. The summed E-state index contributed by atoms with van der Waals surface area (Å²) < 4.78 is 4.65. The molecule has 1 aromatic heterocycles. The molecule has 24 heavy (non-hydrogen) atoms. The van der Waals surface area contributed by atoms with Crippen molar-refractivity contribution in [3.05, 3.63) is 51.3 Å². The van der Waals surface area contributed by atoms with E-state index in [9.17, 15) is 14.4 Å². The molecule has 2 aromatic rings. The summed E-state index contributed by atoms with van der Waals surface area (Å²) in [6.07, 6.45) is 1.02. The second-order valence-corrected chi connectivity index (χ2v) is 5.48. The van der Waals surface area contributed by atoms with E-state index in [1.54, 1.807) is 24.3 Å². The fourth-order valence-corrected chi connectivity index (χ4v) is 2.77. The van der Waals surface area contributed by atoms with E-state index < -0.39 is 17.4 Å². The Morgan fingerprint density at radius 3 is 2.67 bits per heavy atom. The predicted octanol–water partition coefficient (Wildman–Crippen LogP) is 0.807. The molecule has 4 N–H and O–H groups in total. The van der Waals surface area contributed by atoms with Gasteiger partial charge in [-0.05, 0) is 30.5 Å². The van der Waals surface area contributed by atoms with Crippen LogP contribution >= 0.6 is 0 Å². The van der Waals surface area contributed by atoms with Crippen LogP contribution < -0.4 is 16.6 Å². The van der Waals surface area contributed by atoms with Crippen molar-refractivity contribution >= 4 is 23.6 Å². The molecule has 1 aliphatic heterocycles. The number of ether oxygens (including phenoxy) is 1. The van der Waals surface area contributed by atoms with E-state index in [0.29, 0.717) is 24.0 Å². The summed E-state index contributed by atoms with van der Waals surface area (Å²) in [7, 11) is 1.32. The highest BCUT2D eigenvalue weighted by Crippen LogP contribution is 2.31. The number of nitrogens with zero attached hydrogens (tertiary/aromatic N) is 1. The van der Waals surface area contributed by atoms with E-state index in [-0.39, 0.29) is 17.7 Å². The highest BCUT2D eigenvalue weighted by molar-refractivity contribution is 6.01. The number of hydrogen-bond donors (Lipinski definition) is 3. The Morgan fingerprint density at radius 2 is 2.00 bits per heavy atom. The maximum absolute atomic E-state index is 12.1. The first-order valence-electron chi connectivity index (χ1n) is 7.37. The zero-order chi connectivity index (χ0) is 17.3. The van der Waals surface area contributed by atoms with E-state index in [1.807, 2.05) is 0 Å². The van der Waals surface area contributed by atoms with Gasteiger partial charge in [0.05, 0.1) is 24.2 Å². The lowest BCUT2D eigenvalue weighted by Gasteiger charge is -2.08. The van der Waals surface area contributed by atoms with E-state index >= 15 is 0 Å². The van der Waals surface area contributed by atoms with Crippen molar-refractivity contribution in [2.75, 3.05) is 18.2 Å². The number of nitrogens with two attached hydrogens (primary N) is 1. The number of methoxy groups -OCH3 is 1. The average Bonchev–Trinajstić information content (AvgIpc) is 2.88. The smallest absolute Gasteiger partial charge is 0.337 e. The van der Waals surface area contributed by atoms with Gasteiger partial charge in [-0.25, -0.2) is 4.79 Å². The predicted molar refractivity (Wildman–Crippen MR) is 86.7 cm³/mol. The van der Waals surface area contributed by atoms with Gasteiger partial charge in [0.1, 0.15) is 5.82 Å². The zero-order valence-corrected chi connectivity index (χ0v) is 13.0. The number of anilines is 2. The monoisotopic (exact) mass is 328 g/mol. The van der Waals surface area contributed by atoms with Gasteiger partial charge in [0.15, 0.2) is 0 Å². The second-order valence-electron chi connectivity index (χ2n) is 5.48. The summed E-state index contributed by atoms with van der Waals surface area (Å²) in [6, 6.07) is 6.93. The third kappa shape index (κ3) is 2.85. The molecule has 0 saturated heterocycles. The minimum absolute atomic E-state index is 0.0295. The molecule has 2 heterocycles. The van der Waals surface area contributed by atoms with Crippen molar-refractivity contribution in [2.45, 2.75) is 18.8 Å². The zero-order valence-electron chi connectivity index (χ0n) is 13.0. The molecule has 1 aromatic carbocycles. The molecule has 1 amide bonds. The summed E-state index contributed by atoms with van der Waals surface area (Å²) in [6.45, 7) is 0. The van der Waals surface area contributed by atoms with Crippen LogP contribution in [0.15, 0.2) is 29.1 Å². The quantitative estimate of drug-likeness (QED) is 0.713. The number of nitrogens with one attached hydrogen (secondary N) is 2. The highest BCUT2D eigenvalue weighted by Gasteiger charge is 2.34. The molecule has 0 fully saturated rings. The summed E-state index contributed by atoms with van der Waals surface area (Å²) in [5, 5.41) is 2.59. The standard InChI is InChI=1S/C16H16N4O4/c1-24-15(23)9-5-2-8(3-6-9)4-7-10-11-12(18-13(10)21)19-16(17)20-14(11)22/h2-3,5-6,10H,4,7H2,1H3,(H4,17,18,19,20,21,22). The molecule has 0 radical (unpaired) electrons. The Balaban J connectivity index is 1.75. The fourth-order valence-electron chi connectivity index (χ4n) is 2.77. The van der Waals surface area contributed by atoms with Crippen molar-refractivity contribution in [3.63, 3.8) is 0 Å². The molecule has 124 valence electrons. The molecular weight excluding hydrogens is 312 g/mol. The first kappa shape index (κ1) is 15.7. The van der Waals surface area contributed by atoms with Crippen LogP contribution in [0, 0.1) is 0 Å². The molecule has 0 saturated carbocycles. The van der Waals surface area contributed by atoms with Gasteiger partial charge in [-0.3, -0.25) is 14.6 Å². The van der Waals surface area contributed by atoms with Crippen molar-refractivity contribution in [1.29, 1.82) is 0 Å². The number of fused-ring (bicyclic) bond motifs is 1. The number of carbonyl (C=O) groups excluding carboxylic acids is 2. The second kappa shape index (κ2) is 6.15. The number of aromatic amines is 1. The number of aryl methyl sites for hydroxylation is 1. The number of amides is 1. The Labute approximate surface area is 137 Å². The number of aromatic nitrogens is 2. The molecule has 1 atom stereocenters. The summed E-state index contributed by atoms with van der Waals surface area (Å²) in [4.78, 5) is 41.9. The molecule has 8 heteroatoms. The molecule has 0 aliphatic carbocycles. The maximum Gasteiger partial charge on any atom is 0.337 e. The molecule has 0 bridgehead atoms. The lowest BCUT2D eigenvalue weighted by molar-refractivity contribution is -0.117. The van der Waals surface area contributed by atoms with Crippen LogP contribution in [0.2, 0.25) is 0 Å². The number of nitrogen functional groups attached to an aromatic ring is 1. The van der Waals surface area contributed by atoms with Crippen LogP contribution in [-0.4, -0.2) is 29.0 Å². The van der Waals surface area contributed by atoms with Gasteiger partial charge < -0.3 is 15.8 Å². The third-order valence-electron chi connectivity index (χ3n) is 3.98. The summed E-state index contributed by atoms with van der Waals surface area (Å²) in [5.41, 5.74) is 6.81. The first-order chi connectivity index (χ1) is 11.5. The number of hydrogen-bond acceptors (Lipinski definition) is 6. The Morgan fingerprint density at radius 1 is 1.29 bits per heavy atom. The van der Waals surface area contributed by atoms with Crippen LogP contribution in [0.5, 0.6) is 0 Å². The van der Waals surface area contributed by atoms with Gasteiger partial charge in [-0.2, -0.15) is 4.98 Å². The summed E-state index contributed by atoms with van der Waals surface area (Å²) >= 11 is 0. The van der Waals surface area contributed by atoms with Crippen LogP contribution in [0.4, 0.5) is 11.8 Å². The molecule has 8 nitrogen and oxygen atoms in total. The van der Waals surface area contributed by atoms with Crippen LogP contribution in [0.1, 0.15) is 33.8 Å². The Bertz CT molecular complexity index is 857. The highest BCUT2D eigenvalue weighted by atomic mass is 16.5. The van der Waals surface area contributed by atoms with Gasteiger partial charge in [0.2, 0.25) is 11.9 Å². The molecular formula is C16H16N4O4. The Hall–Kier alpha value is -3.16. The largest absolute Gasteiger partial charge is 0.465 e. The number of esters is 1. The molecule has 3 rings (SSSR count). The molecule has 1 aliphatic rings. The normalized spacial score (nSPS) is 15.7.